The lowest BCUT2D eigenvalue weighted by atomic mass is 10.1. The third-order valence-electron chi connectivity index (χ3n) is 1.90. The first-order valence-electron chi connectivity index (χ1n) is 4.57. The minimum absolute atomic E-state index is 0.190. The van der Waals surface area contributed by atoms with Crippen LogP contribution in [0.25, 0.3) is 0 Å². The Morgan fingerprint density at radius 3 is 2.17 bits per heavy atom. The van der Waals surface area contributed by atoms with Crippen LogP contribution in [-0.4, -0.2) is 12.0 Å². The van der Waals surface area contributed by atoms with Crippen molar-refractivity contribution in [1.29, 1.82) is 0 Å². The molecule has 0 radical (unpaired) electrons. The molecular formula is C11H6F6O. The smallest absolute Gasteiger partial charge is 0.289 e. The summed E-state index contributed by atoms with van der Waals surface area (Å²) in [5.41, 5.74) is -1.54. The molecule has 1 aromatic rings. The van der Waals surface area contributed by atoms with Crippen LogP contribution in [0.2, 0.25) is 0 Å². The van der Waals surface area contributed by atoms with Crippen molar-refractivity contribution in [3.05, 3.63) is 47.5 Å². The van der Waals surface area contributed by atoms with Gasteiger partial charge in [0.05, 0.1) is 5.56 Å². The summed E-state index contributed by atoms with van der Waals surface area (Å²) in [6.07, 6.45) is -9.47. The van der Waals surface area contributed by atoms with Crippen LogP contribution < -0.4 is 0 Å². The number of rotatable bonds is 2. The Bertz CT molecular complexity index is 469. The highest BCUT2D eigenvalue weighted by atomic mass is 19.4. The normalized spacial score (nSPS) is 13.0. The molecule has 0 aliphatic rings. The largest absolute Gasteiger partial charge is 0.416 e. The number of allylic oxidation sites excluding steroid dienone is 2. The van der Waals surface area contributed by atoms with Gasteiger partial charge in [0.2, 0.25) is 0 Å². The van der Waals surface area contributed by atoms with Gasteiger partial charge < -0.3 is 0 Å². The van der Waals surface area contributed by atoms with Crippen molar-refractivity contribution in [2.45, 2.75) is 12.4 Å². The lowest BCUT2D eigenvalue weighted by molar-refractivity contribution is -0.137. The number of hydrogen-bond donors (Lipinski definition) is 0. The monoisotopic (exact) mass is 268 g/mol. The maximum atomic E-state index is 12.3. The molecule has 7 heteroatoms. The fourth-order valence-corrected chi connectivity index (χ4v) is 1.12. The summed E-state index contributed by atoms with van der Waals surface area (Å²) in [6, 6.07) is 3.20. The number of hydrogen-bond acceptors (Lipinski definition) is 1. The van der Waals surface area contributed by atoms with E-state index in [1.165, 1.54) is 0 Å². The molecule has 0 saturated carbocycles. The zero-order chi connectivity index (χ0) is 14.0. The summed E-state index contributed by atoms with van der Waals surface area (Å²) in [7, 11) is 0. The van der Waals surface area contributed by atoms with Crippen molar-refractivity contribution in [1.82, 2.24) is 0 Å². The first-order valence-corrected chi connectivity index (χ1v) is 4.57. The Morgan fingerprint density at radius 1 is 1.06 bits per heavy atom. The van der Waals surface area contributed by atoms with Crippen molar-refractivity contribution >= 4 is 5.78 Å². The molecule has 0 aliphatic carbocycles. The van der Waals surface area contributed by atoms with Crippen LogP contribution in [0.1, 0.15) is 15.9 Å². The molecular weight excluding hydrogens is 262 g/mol. The van der Waals surface area contributed by atoms with Crippen molar-refractivity contribution in [2.75, 3.05) is 0 Å². The Hall–Kier alpha value is -1.79. The molecule has 0 atom stereocenters. The van der Waals surface area contributed by atoms with E-state index in [2.05, 4.69) is 0 Å². The van der Waals surface area contributed by atoms with Crippen LogP contribution in [0.4, 0.5) is 26.3 Å². The van der Waals surface area contributed by atoms with E-state index in [9.17, 15) is 31.1 Å². The summed E-state index contributed by atoms with van der Waals surface area (Å²) >= 11 is 0. The van der Waals surface area contributed by atoms with Gasteiger partial charge in [-0.15, -0.1) is 0 Å². The second-order valence-electron chi connectivity index (χ2n) is 3.32. The maximum absolute atomic E-state index is 12.3. The number of ketones is 1. The van der Waals surface area contributed by atoms with Crippen LogP contribution >= 0.6 is 0 Å². The minimum atomic E-state index is -4.68. The van der Waals surface area contributed by atoms with Crippen molar-refractivity contribution in [3.63, 3.8) is 0 Å². The minimum Gasteiger partial charge on any atom is -0.289 e. The number of carbonyl (C=O) groups is 1. The molecule has 0 bridgehead atoms. The van der Waals surface area contributed by atoms with E-state index < -0.39 is 29.3 Å². The Labute approximate surface area is 97.7 Å². The van der Waals surface area contributed by atoms with Gasteiger partial charge in [-0.05, 0) is 18.2 Å². The third-order valence-corrected chi connectivity index (χ3v) is 1.90. The highest BCUT2D eigenvalue weighted by Gasteiger charge is 2.30. The Balaban J connectivity index is 2.98. The topological polar surface area (TPSA) is 17.1 Å². The lowest BCUT2D eigenvalue weighted by Gasteiger charge is -2.07. The van der Waals surface area contributed by atoms with E-state index >= 15 is 0 Å². The van der Waals surface area contributed by atoms with Crippen LogP contribution in [0.15, 0.2) is 36.4 Å². The average Bonchev–Trinajstić information content (AvgIpc) is 2.24. The van der Waals surface area contributed by atoms with Crippen LogP contribution in [0.3, 0.4) is 0 Å². The molecule has 0 unspecified atom stereocenters. The second-order valence-corrected chi connectivity index (χ2v) is 3.32. The van der Waals surface area contributed by atoms with Gasteiger partial charge in [-0.1, -0.05) is 12.1 Å². The number of alkyl halides is 6. The van der Waals surface area contributed by atoms with E-state index in [0.29, 0.717) is 6.07 Å². The summed E-state index contributed by atoms with van der Waals surface area (Å²) in [5.74, 6) is -1.14. The van der Waals surface area contributed by atoms with Crippen molar-refractivity contribution in [3.8, 4) is 0 Å². The van der Waals surface area contributed by atoms with Gasteiger partial charge in [-0.3, -0.25) is 4.79 Å². The fourth-order valence-electron chi connectivity index (χ4n) is 1.12. The van der Waals surface area contributed by atoms with Gasteiger partial charge in [-0.25, -0.2) is 0 Å². The van der Waals surface area contributed by atoms with E-state index in [1.54, 1.807) is 0 Å². The summed E-state index contributed by atoms with van der Waals surface area (Å²) < 4.78 is 72.2. The summed E-state index contributed by atoms with van der Waals surface area (Å²) in [5, 5.41) is 0. The molecule has 1 rings (SSSR count). The molecule has 0 N–H and O–H groups in total. The average molecular weight is 268 g/mol. The molecule has 1 nitrogen and oxygen atoms in total. The first kappa shape index (κ1) is 14.3. The molecule has 0 heterocycles. The number of halogens is 6. The van der Waals surface area contributed by atoms with Crippen LogP contribution in [0.5, 0.6) is 0 Å². The Kier molecular flexibility index (Phi) is 3.83. The SMILES string of the molecule is O=C(/C=C/C(F)(F)F)c1cccc(C(F)(F)F)c1. The highest BCUT2D eigenvalue weighted by Crippen LogP contribution is 2.29. The quantitative estimate of drug-likeness (QED) is 0.450. The van der Waals surface area contributed by atoms with Crippen LogP contribution in [-0.2, 0) is 6.18 Å². The van der Waals surface area contributed by atoms with Crippen molar-refractivity contribution in [2.24, 2.45) is 0 Å². The number of benzene rings is 1. The zero-order valence-electron chi connectivity index (χ0n) is 8.64. The lowest BCUT2D eigenvalue weighted by Crippen LogP contribution is -2.07. The van der Waals surface area contributed by atoms with Crippen molar-refractivity contribution < 1.29 is 31.1 Å². The van der Waals surface area contributed by atoms with Gasteiger partial charge in [0.1, 0.15) is 0 Å². The van der Waals surface area contributed by atoms with Gasteiger partial charge in [-0.2, -0.15) is 26.3 Å². The highest BCUT2D eigenvalue weighted by molar-refractivity contribution is 6.04. The molecule has 0 aliphatic heterocycles. The van der Waals surface area contributed by atoms with E-state index in [4.69, 9.17) is 0 Å². The van der Waals surface area contributed by atoms with Crippen LogP contribution in [0, 0.1) is 0 Å². The second kappa shape index (κ2) is 4.83. The van der Waals surface area contributed by atoms with Gasteiger partial charge in [0, 0.05) is 11.6 Å². The maximum Gasteiger partial charge on any atom is 0.416 e. The molecule has 0 aromatic heterocycles. The van der Waals surface area contributed by atoms with Gasteiger partial charge in [0.15, 0.2) is 5.78 Å². The molecule has 0 amide bonds. The molecule has 1 aromatic carbocycles. The predicted molar refractivity (Wildman–Crippen MR) is 51.0 cm³/mol. The third kappa shape index (κ3) is 4.23. The Morgan fingerprint density at radius 2 is 1.67 bits per heavy atom. The molecule has 18 heavy (non-hydrogen) atoms. The molecule has 0 saturated heterocycles. The number of carbonyl (C=O) groups excluding carboxylic acids is 1. The molecule has 98 valence electrons. The fraction of sp³-hybridized carbons (Fsp3) is 0.182. The van der Waals surface area contributed by atoms with Gasteiger partial charge in [0.25, 0.3) is 0 Å². The van der Waals surface area contributed by atoms with E-state index in [1.807, 2.05) is 0 Å². The molecule has 0 fully saturated rings. The first-order chi connectivity index (χ1) is 8.09. The van der Waals surface area contributed by atoms with E-state index in [-0.39, 0.29) is 12.2 Å². The predicted octanol–water partition coefficient (Wildman–Crippen LogP) is 4.01. The standard InChI is InChI=1S/C11H6F6O/c12-10(13,14)5-4-9(18)7-2-1-3-8(6-7)11(15,16)17/h1-6H/b5-4+. The van der Waals surface area contributed by atoms with E-state index in [0.717, 1.165) is 18.2 Å². The summed E-state index contributed by atoms with van der Waals surface area (Å²) in [6.45, 7) is 0. The summed E-state index contributed by atoms with van der Waals surface area (Å²) in [4.78, 5) is 11.2. The molecule has 0 spiro atoms. The zero-order valence-corrected chi connectivity index (χ0v) is 8.64. The van der Waals surface area contributed by atoms with Gasteiger partial charge >= 0.3 is 12.4 Å².